The highest BCUT2D eigenvalue weighted by Crippen LogP contribution is 2.37. The molecule has 1 aliphatic rings. The van der Waals surface area contributed by atoms with E-state index in [0.717, 1.165) is 21.8 Å². The van der Waals surface area contributed by atoms with E-state index in [1.165, 1.54) is 0 Å². The van der Waals surface area contributed by atoms with E-state index in [2.05, 4.69) is 21.2 Å². The van der Waals surface area contributed by atoms with E-state index in [0.29, 0.717) is 31.1 Å². The molecule has 2 heterocycles. The van der Waals surface area contributed by atoms with Crippen molar-refractivity contribution < 1.29 is 23.5 Å². The number of benzene rings is 2. The number of nitrogens with zero attached hydrogens (tertiary/aromatic N) is 1. The largest absolute Gasteiger partial charge is 0.487 e. The van der Waals surface area contributed by atoms with Crippen molar-refractivity contribution in [3.05, 3.63) is 64.3 Å². The summed E-state index contributed by atoms with van der Waals surface area (Å²) in [6.07, 6.45) is 0.720. The number of carbonyl (C=O) groups excluding carboxylic acids is 2. The molecule has 32 heavy (non-hydrogen) atoms. The fraction of sp³-hybridized carbons (Fsp3) is 0.333. The maximum atomic E-state index is 12.7. The first kappa shape index (κ1) is 23.8. The van der Waals surface area contributed by atoms with Crippen LogP contribution in [0.2, 0.25) is 0 Å². The SMILES string of the molecule is COCCN1C(=O)c2oc3cc(Br)ccc3c2OCC1C.C[C@H](NC=O)c1ccccc1. The molecule has 0 bridgehead atoms. The number of hydrogen-bond acceptors (Lipinski definition) is 5. The Hall–Kier alpha value is -2.84. The molecule has 0 fully saturated rings. The van der Waals surface area contributed by atoms with Crippen molar-refractivity contribution in [1.29, 1.82) is 0 Å². The van der Waals surface area contributed by atoms with Gasteiger partial charge in [-0.25, -0.2) is 0 Å². The second kappa shape index (κ2) is 11.2. The summed E-state index contributed by atoms with van der Waals surface area (Å²) in [6, 6.07) is 15.6. The Morgan fingerprint density at radius 3 is 2.72 bits per heavy atom. The van der Waals surface area contributed by atoms with Gasteiger partial charge in [-0.15, -0.1) is 0 Å². The molecule has 1 aromatic heterocycles. The first-order valence-corrected chi connectivity index (χ1v) is 11.1. The zero-order valence-electron chi connectivity index (χ0n) is 18.3. The second-order valence-electron chi connectivity index (χ2n) is 7.47. The molecule has 2 aromatic carbocycles. The van der Waals surface area contributed by atoms with Gasteiger partial charge in [0.2, 0.25) is 12.2 Å². The molecule has 0 spiro atoms. The fourth-order valence-electron chi connectivity index (χ4n) is 3.41. The summed E-state index contributed by atoms with van der Waals surface area (Å²) in [5, 5.41) is 3.50. The predicted octanol–water partition coefficient (Wildman–Crippen LogP) is 4.56. The monoisotopic (exact) mass is 502 g/mol. The summed E-state index contributed by atoms with van der Waals surface area (Å²) in [4.78, 5) is 24.5. The van der Waals surface area contributed by atoms with E-state index in [-0.39, 0.29) is 23.8 Å². The van der Waals surface area contributed by atoms with Gasteiger partial charge >= 0.3 is 0 Å². The maximum absolute atomic E-state index is 12.7. The van der Waals surface area contributed by atoms with Crippen molar-refractivity contribution in [3.63, 3.8) is 0 Å². The Kier molecular flexibility index (Phi) is 8.30. The van der Waals surface area contributed by atoms with E-state index < -0.39 is 0 Å². The minimum atomic E-state index is -0.153. The molecule has 170 valence electrons. The minimum absolute atomic E-state index is 0.0271. The third-order valence-corrected chi connectivity index (χ3v) is 5.71. The van der Waals surface area contributed by atoms with Crippen LogP contribution in [-0.2, 0) is 9.53 Å². The van der Waals surface area contributed by atoms with Gasteiger partial charge in [-0.1, -0.05) is 46.3 Å². The lowest BCUT2D eigenvalue weighted by atomic mass is 10.1. The zero-order chi connectivity index (χ0) is 23.1. The molecule has 0 radical (unpaired) electrons. The highest BCUT2D eigenvalue weighted by Gasteiger charge is 2.33. The topological polar surface area (TPSA) is 81.0 Å². The van der Waals surface area contributed by atoms with Gasteiger partial charge in [0.1, 0.15) is 12.2 Å². The molecule has 2 atom stereocenters. The third kappa shape index (κ3) is 5.49. The normalized spacial score (nSPS) is 16.3. The van der Waals surface area contributed by atoms with Crippen LogP contribution in [0.25, 0.3) is 11.0 Å². The number of rotatable bonds is 6. The van der Waals surface area contributed by atoms with Crippen molar-refractivity contribution >= 4 is 39.2 Å². The quantitative estimate of drug-likeness (QED) is 0.499. The molecule has 0 saturated carbocycles. The van der Waals surface area contributed by atoms with Gasteiger partial charge in [0, 0.05) is 18.1 Å². The summed E-state index contributed by atoms with van der Waals surface area (Å²) in [5.41, 5.74) is 1.77. The third-order valence-electron chi connectivity index (χ3n) is 5.22. The Labute approximate surface area is 195 Å². The number of amides is 2. The van der Waals surface area contributed by atoms with Gasteiger partial charge in [-0.05, 0) is 37.6 Å². The predicted molar refractivity (Wildman–Crippen MR) is 126 cm³/mol. The molecule has 1 aliphatic heterocycles. The van der Waals surface area contributed by atoms with Crippen LogP contribution in [0, 0.1) is 0 Å². The average Bonchev–Trinajstić information content (AvgIpc) is 3.11. The summed E-state index contributed by atoms with van der Waals surface area (Å²) in [5.74, 6) is 0.650. The minimum Gasteiger partial charge on any atom is -0.487 e. The van der Waals surface area contributed by atoms with Crippen molar-refractivity contribution in [2.45, 2.75) is 25.9 Å². The van der Waals surface area contributed by atoms with Crippen LogP contribution in [0.1, 0.15) is 36.0 Å². The van der Waals surface area contributed by atoms with Crippen LogP contribution in [0.4, 0.5) is 0 Å². The number of carbonyl (C=O) groups is 2. The Bertz CT molecular complexity index is 1050. The first-order valence-electron chi connectivity index (χ1n) is 10.4. The van der Waals surface area contributed by atoms with E-state index >= 15 is 0 Å². The van der Waals surface area contributed by atoms with Crippen LogP contribution in [-0.4, -0.2) is 50.1 Å². The lowest BCUT2D eigenvalue weighted by Gasteiger charge is -2.25. The summed E-state index contributed by atoms with van der Waals surface area (Å²) in [6.45, 7) is 5.34. The number of methoxy groups -OCH3 is 1. The van der Waals surface area contributed by atoms with Gasteiger partial charge in [0.15, 0.2) is 5.75 Å². The average molecular weight is 503 g/mol. The number of nitrogens with one attached hydrogen (secondary N) is 1. The standard InChI is InChI=1S/C15H16BrNO4.C9H11NO/c1-9-8-20-13-11-4-3-10(16)7-12(11)21-14(13)15(18)17(9)5-6-19-2;1-8(10-7-11)9-5-3-2-4-6-9/h3-4,7,9H,5-6,8H2,1-2H3;2-8H,1H3,(H,10,11)/t;8-/m.0/s1. The van der Waals surface area contributed by atoms with Crippen LogP contribution >= 0.6 is 15.9 Å². The lowest BCUT2D eigenvalue weighted by Crippen LogP contribution is -2.41. The van der Waals surface area contributed by atoms with Gasteiger partial charge in [-0.2, -0.15) is 0 Å². The Morgan fingerprint density at radius 1 is 1.28 bits per heavy atom. The van der Waals surface area contributed by atoms with Crippen molar-refractivity contribution in [2.75, 3.05) is 26.9 Å². The number of furan rings is 1. The molecular formula is C24H27BrN2O5. The number of hydrogen-bond donors (Lipinski definition) is 1. The molecule has 1 N–H and O–H groups in total. The molecule has 0 aliphatic carbocycles. The summed E-state index contributed by atoms with van der Waals surface area (Å²) < 4.78 is 17.5. The van der Waals surface area contributed by atoms with Crippen molar-refractivity contribution in [1.82, 2.24) is 10.2 Å². The van der Waals surface area contributed by atoms with Crippen LogP contribution in [0.5, 0.6) is 5.75 Å². The van der Waals surface area contributed by atoms with Crippen molar-refractivity contribution in [2.24, 2.45) is 0 Å². The highest BCUT2D eigenvalue weighted by atomic mass is 79.9. The van der Waals surface area contributed by atoms with E-state index in [4.69, 9.17) is 13.9 Å². The molecule has 3 aromatic rings. The molecule has 8 heteroatoms. The van der Waals surface area contributed by atoms with Crippen LogP contribution in [0.15, 0.2) is 57.4 Å². The molecule has 4 rings (SSSR count). The van der Waals surface area contributed by atoms with Crippen LogP contribution in [0.3, 0.4) is 0 Å². The van der Waals surface area contributed by atoms with Gasteiger partial charge in [0.25, 0.3) is 5.91 Å². The highest BCUT2D eigenvalue weighted by molar-refractivity contribution is 9.10. The Morgan fingerprint density at radius 2 is 2.03 bits per heavy atom. The summed E-state index contributed by atoms with van der Waals surface area (Å²) >= 11 is 3.40. The van der Waals surface area contributed by atoms with E-state index in [1.54, 1.807) is 12.0 Å². The van der Waals surface area contributed by atoms with E-state index in [9.17, 15) is 9.59 Å². The maximum Gasteiger partial charge on any atom is 0.293 e. The first-order chi connectivity index (χ1) is 15.5. The smallest absolute Gasteiger partial charge is 0.293 e. The molecule has 2 amide bonds. The lowest BCUT2D eigenvalue weighted by molar-refractivity contribution is -0.110. The number of halogens is 1. The number of fused-ring (bicyclic) bond motifs is 3. The molecule has 1 unspecified atom stereocenters. The fourth-order valence-corrected chi connectivity index (χ4v) is 3.75. The molecular weight excluding hydrogens is 476 g/mol. The van der Waals surface area contributed by atoms with Crippen LogP contribution < -0.4 is 10.1 Å². The second-order valence-corrected chi connectivity index (χ2v) is 8.38. The molecule has 7 nitrogen and oxygen atoms in total. The Balaban J connectivity index is 0.000000222. The molecule has 0 saturated heterocycles. The van der Waals surface area contributed by atoms with E-state index in [1.807, 2.05) is 62.4 Å². The van der Waals surface area contributed by atoms with Gasteiger partial charge < -0.3 is 24.1 Å². The number of ether oxygens (including phenoxy) is 2. The van der Waals surface area contributed by atoms with Gasteiger partial charge in [-0.3, -0.25) is 9.59 Å². The van der Waals surface area contributed by atoms with Gasteiger partial charge in [0.05, 0.1) is 24.1 Å². The summed E-state index contributed by atoms with van der Waals surface area (Å²) in [7, 11) is 1.62. The zero-order valence-corrected chi connectivity index (χ0v) is 19.9. The van der Waals surface area contributed by atoms with Crippen molar-refractivity contribution in [3.8, 4) is 5.75 Å².